The summed E-state index contributed by atoms with van der Waals surface area (Å²) in [5, 5.41) is 20.6. The van der Waals surface area contributed by atoms with Crippen molar-refractivity contribution >= 4 is 21.6 Å². The van der Waals surface area contributed by atoms with Gasteiger partial charge in [-0.2, -0.15) is 0 Å². The van der Waals surface area contributed by atoms with E-state index in [0.717, 1.165) is 0 Å². The number of hydrogen-bond donors (Lipinski definition) is 1. The summed E-state index contributed by atoms with van der Waals surface area (Å²) in [6.45, 7) is 3.58. The van der Waals surface area contributed by atoms with Gasteiger partial charge in [0.2, 0.25) is 5.75 Å². The van der Waals surface area contributed by atoms with E-state index in [1.165, 1.54) is 13.0 Å². The van der Waals surface area contributed by atoms with Crippen LogP contribution in [0.25, 0.3) is 0 Å². The minimum Gasteiger partial charge on any atom is -0.482 e. The van der Waals surface area contributed by atoms with Gasteiger partial charge in [0, 0.05) is 16.1 Å². The number of ether oxygens (including phenoxy) is 1. The first-order chi connectivity index (χ1) is 8.47. The van der Waals surface area contributed by atoms with Crippen molar-refractivity contribution in [3.8, 4) is 5.75 Å². The molecule has 1 aromatic carbocycles. The molecule has 0 bridgehead atoms. The predicted octanol–water partition coefficient (Wildman–Crippen LogP) is 3.37. The standard InChI is InChI=1S/C12H14BrNO4/c1-3-4-5-18-12-10(8(2)15)6-9(13)7-11(12)14(16)17/h3-4,6-8,15H,5H2,1-2H3/b4-3+/t8-/m0/s1. The molecule has 5 nitrogen and oxygen atoms in total. The van der Waals surface area contributed by atoms with Gasteiger partial charge in [-0.25, -0.2) is 0 Å². The molecule has 0 fully saturated rings. The van der Waals surface area contributed by atoms with Crippen LogP contribution in [0.5, 0.6) is 5.75 Å². The first-order valence-corrected chi connectivity index (χ1v) is 6.16. The Hall–Kier alpha value is -1.40. The lowest BCUT2D eigenvalue weighted by atomic mass is 10.1. The molecule has 0 amide bonds. The number of allylic oxidation sites excluding steroid dienone is 1. The molecule has 0 unspecified atom stereocenters. The van der Waals surface area contributed by atoms with Crippen LogP contribution in [0.3, 0.4) is 0 Å². The number of benzene rings is 1. The molecule has 1 rings (SSSR count). The topological polar surface area (TPSA) is 72.6 Å². The Bertz CT molecular complexity index is 471. The minimum absolute atomic E-state index is 0.108. The maximum Gasteiger partial charge on any atom is 0.312 e. The average molecular weight is 316 g/mol. The van der Waals surface area contributed by atoms with Crippen LogP contribution in [-0.4, -0.2) is 16.6 Å². The van der Waals surface area contributed by atoms with Gasteiger partial charge in [-0.05, 0) is 19.9 Å². The molecule has 0 aliphatic heterocycles. The van der Waals surface area contributed by atoms with Gasteiger partial charge < -0.3 is 9.84 Å². The van der Waals surface area contributed by atoms with Crippen LogP contribution in [0.1, 0.15) is 25.5 Å². The zero-order valence-corrected chi connectivity index (χ0v) is 11.7. The molecule has 18 heavy (non-hydrogen) atoms. The predicted molar refractivity (Wildman–Crippen MR) is 71.7 cm³/mol. The fraction of sp³-hybridized carbons (Fsp3) is 0.333. The van der Waals surface area contributed by atoms with E-state index in [4.69, 9.17) is 4.74 Å². The van der Waals surface area contributed by atoms with E-state index in [0.29, 0.717) is 10.0 Å². The highest BCUT2D eigenvalue weighted by molar-refractivity contribution is 9.10. The number of halogens is 1. The molecule has 1 atom stereocenters. The lowest BCUT2D eigenvalue weighted by molar-refractivity contribution is -0.386. The highest BCUT2D eigenvalue weighted by Gasteiger charge is 2.22. The number of aliphatic hydroxyl groups is 1. The molecule has 0 aliphatic carbocycles. The molecule has 0 heterocycles. The van der Waals surface area contributed by atoms with Gasteiger partial charge in [-0.1, -0.05) is 28.1 Å². The van der Waals surface area contributed by atoms with Gasteiger partial charge in [0.15, 0.2) is 0 Å². The second-order valence-electron chi connectivity index (χ2n) is 3.66. The van der Waals surface area contributed by atoms with E-state index in [9.17, 15) is 15.2 Å². The van der Waals surface area contributed by atoms with Crippen molar-refractivity contribution in [2.75, 3.05) is 6.61 Å². The Morgan fingerprint density at radius 1 is 1.61 bits per heavy atom. The lowest BCUT2D eigenvalue weighted by Gasteiger charge is -2.13. The molecule has 98 valence electrons. The third kappa shape index (κ3) is 3.54. The van der Waals surface area contributed by atoms with Crippen molar-refractivity contribution < 1.29 is 14.8 Å². The number of nitro benzene ring substituents is 1. The van der Waals surface area contributed by atoms with Crippen molar-refractivity contribution in [1.82, 2.24) is 0 Å². The molecular weight excluding hydrogens is 302 g/mol. The number of nitrogens with zero attached hydrogens (tertiary/aromatic N) is 1. The fourth-order valence-electron chi connectivity index (χ4n) is 1.43. The van der Waals surface area contributed by atoms with Crippen molar-refractivity contribution in [3.63, 3.8) is 0 Å². The van der Waals surface area contributed by atoms with Crippen LogP contribution < -0.4 is 4.74 Å². The van der Waals surface area contributed by atoms with Crippen molar-refractivity contribution in [1.29, 1.82) is 0 Å². The van der Waals surface area contributed by atoms with Crippen LogP contribution in [0.15, 0.2) is 28.8 Å². The summed E-state index contributed by atoms with van der Waals surface area (Å²) in [7, 11) is 0. The summed E-state index contributed by atoms with van der Waals surface area (Å²) in [4.78, 5) is 10.5. The smallest absolute Gasteiger partial charge is 0.312 e. The Kier molecular flexibility index (Phi) is 5.30. The zero-order valence-electron chi connectivity index (χ0n) is 10.1. The number of nitro groups is 1. The van der Waals surface area contributed by atoms with Gasteiger partial charge in [0.1, 0.15) is 6.61 Å². The molecule has 0 spiro atoms. The fourth-order valence-corrected chi connectivity index (χ4v) is 1.89. The first-order valence-electron chi connectivity index (χ1n) is 5.37. The van der Waals surface area contributed by atoms with Gasteiger partial charge in [-0.3, -0.25) is 10.1 Å². The average Bonchev–Trinajstić information content (AvgIpc) is 2.30. The molecule has 0 saturated carbocycles. The van der Waals surface area contributed by atoms with Gasteiger partial charge in [0.05, 0.1) is 11.0 Å². The van der Waals surface area contributed by atoms with Gasteiger partial charge in [0.25, 0.3) is 0 Å². The summed E-state index contributed by atoms with van der Waals surface area (Å²) >= 11 is 3.18. The Morgan fingerprint density at radius 3 is 2.78 bits per heavy atom. The van der Waals surface area contributed by atoms with Crippen LogP contribution in [0.4, 0.5) is 5.69 Å². The summed E-state index contributed by atoms with van der Waals surface area (Å²) in [5.41, 5.74) is 0.227. The van der Waals surface area contributed by atoms with Crippen molar-refractivity contribution in [3.05, 3.63) is 44.4 Å². The highest BCUT2D eigenvalue weighted by atomic mass is 79.9. The van der Waals surface area contributed by atoms with E-state index in [1.54, 1.807) is 18.2 Å². The van der Waals surface area contributed by atoms with Crippen LogP contribution >= 0.6 is 15.9 Å². The molecule has 0 radical (unpaired) electrons. The quantitative estimate of drug-likeness (QED) is 0.513. The van der Waals surface area contributed by atoms with Gasteiger partial charge >= 0.3 is 5.69 Å². The number of hydrogen-bond acceptors (Lipinski definition) is 4. The normalized spacial score (nSPS) is 12.7. The SMILES string of the molecule is C/C=C/COc1c([C@H](C)O)cc(Br)cc1[N+](=O)[O-]. The zero-order chi connectivity index (χ0) is 13.7. The Morgan fingerprint density at radius 2 is 2.28 bits per heavy atom. The number of rotatable bonds is 5. The maximum atomic E-state index is 11.0. The Balaban J connectivity index is 3.27. The molecule has 1 N–H and O–H groups in total. The van der Waals surface area contributed by atoms with Crippen LogP contribution in [-0.2, 0) is 0 Å². The summed E-state index contributed by atoms with van der Waals surface area (Å²) in [6.07, 6.45) is 2.67. The van der Waals surface area contributed by atoms with Gasteiger partial charge in [-0.15, -0.1) is 0 Å². The Labute approximate surface area is 113 Å². The van der Waals surface area contributed by atoms with Crippen molar-refractivity contribution in [2.24, 2.45) is 0 Å². The second kappa shape index (κ2) is 6.51. The van der Waals surface area contributed by atoms with Crippen molar-refractivity contribution in [2.45, 2.75) is 20.0 Å². The molecular formula is C12H14BrNO4. The molecule has 0 saturated heterocycles. The maximum absolute atomic E-state index is 11.0. The van der Waals surface area contributed by atoms with E-state index in [-0.39, 0.29) is 18.0 Å². The highest BCUT2D eigenvalue weighted by Crippen LogP contribution is 2.37. The van der Waals surface area contributed by atoms with Crippen LogP contribution in [0, 0.1) is 10.1 Å². The lowest BCUT2D eigenvalue weighted by Crippen LogP contribution is -2.04. The molecule has 1 aromatic rings. The summed E-state index contributed by atoms with van der Waals surface area (Å²) in [6, 6.07) is 2.97. The summed E-state index contributed by atoms with van der Waals surface area (Å²) < 4.78 is 5.91. The van der Waals surface area contributed by atoms with E-state index in [1.807, 2.05) is 6.92 Å². The van der Waals surface area contributed by atoms with Crippen LogP contribution in [0.2, 0.25) is 0 Å². The second-order valence-corrected chi connectivity index (χ2v) is 4.57. The molecule has 6 heteroatoms. The minimum atomic E-state index is -0.846. The first kappa shape index (κ1) is 14.7. The molecule has 0 aliphatic rings. The molecule has 0 aromatic heterocycles. The van der Waals surface area contributed by atoms with E-state index >= 15 is 0 Å². The third-order valence-electron chi connectivity index (χ3n) is 2.27. The van der Waals surface area contributed by atoms with E-state index in [2.05, 4.69) is 15.9 Å². The van der Waals surface area contributed by atoms with E-state index < -0.39 is 11.0 Å². The number of aliphatic hydroxyl groups excluding tert-OH is 1. The third-order valence-corrected chi connectivity index (χ3v) is 2.73. The largest absolute Gasteiger partial charge is 0.482 e. The monoisotopic (exact) mass is 315 g/mol. The summed E-state index contributed by atoms with van der Waals surface area (Å²) in [5.74, 6) is 0.108.